The lowest BCUT2D eigenvalue weighted by Gasteiger charge is -2.36. The standard InChI is InChI=1S/C32H34N6O3/c1-24-11-13-27(14-12-24)33-32(40)38(22-25-7-4-3-5-8-25)23-31(39)37-19-17-36(18-20-37)30-16-15-29(34-35-30)26-9-6-10-28(21-26)41-2/h3-16,21H,17-20,22-23H2,1-2H3,(H,33,40). The average molecular weight is 551 g/mol. The third-order valence-corrected chi connectivity index (χ3v) is 7.10. The Morgan fingerprint density at radius 1 is 0.878 bits per heavy atom. The fraction of sp³-hybridized carbons (Fsp3) is 0.250. The first-order chi connectivity index (χ1) is 20.0. The number of methoxy groups -OCH3 is 1. The molecular formula is C32H34N6O3. The maximum Gasteiger partial charge on any atom is 0.322 e. The van der Waals surface area contributed by atoms with Crippen LogP contribution in [-0.2, 0) is 11.3 Å². The average Bonchev–Trinajstić information content (AvgIpc) is 3.02. The number of urea groups is 1. The number of hydrogen-bond acceptors (Lipinski definition) is 6. The topological polar surface area (TPSA) is 90.9 Å². The van der Waals surface area contributed by atoms with Gasteiger partial charge < -0.3 is 24.8 Å². The van der Waals surface area contributed by atoms with Crippen molar-refractivity contribution in [1.82, 2.24) is 20.0 Å². The molecule has 1 saturated heterocycles. The van der Waals surface area contributed by atoms with Crippen LogP contribution in [-0.4, -0.2) is 71.8 Å². The van der Waals surface area contributed by atoms with Crippen molar-refractivity contribution < 1.29 is 14.3 Å². The number of anilines is 2. The van der Waals surface area contributed by atoms with Gasteiger partial charge in [0.15, 0.2) is 5.82 Å². The van der Waals surface area contributed by atoms with Crippen LogP contribution in [0.4, 0.5) is 16.3 Å². The summed E-state index contributed by atoms with van der Waals surface area (Å²) in [6.07, 6.45) is 0. The molecule has 210 valence electrons. The predicted octanol–water partition coefficient (Wildman–Crippen LogP) is 4.84. The quantitative estimate of drug-likeness (QED) is 0.338. The van der Waals surface area contributed by atoms with Crippen LogP contribution in [0.15, 0.2) is 91.0 Å². The fourth-order valence-electron chi connectivity index (χ4n) is 4.72. The van der Waals surface area contributed by atoms with Crippen molar-refractivity contribution in [3.05, 3.63) is 102 Å². The lowest BCUT2D eigenvalue weighted by atomic mass is 10.1. The number of piperazine rings is 1. The molecule has 1 aromatic heterocycles. The minimum Gasteiger partial charge on any atom is -0.497 e. The highest BCUT2D eigenvalue weighted by Crippen LogP contribution is 2.23. The van der Waals surface area contributed by atoms with Crippen LogP contribution in [0.2, 0.25) is 0 Å². The zero-order valence-electron chi connectivity index (χ0n) is 23.4. The number of carbonyl (C=O) groups is 2. The zero-order valence-corrected chi connectivity index (χ0v) is 23.4. The Morgan fingerprint density at radius 3 is 2.32 bits per heavy atom. The number of aromatic nitrogens is 2. The van der Waals surface area contributed by atoms with Gasteiger partial charge in [-0.25, -0.2) is 4.79 Å². The minimum absolute atomic E-state index is 0.0123. The SMILES string of the molecule is COc1cccc(-c2ccc(N3CCN(C(=O)CN(Cc4ccccc4)C(=O)Nc4ccc(C)cc4)CC3)nn2)c1. The van der Waals surface area contributed by atoms with Crippen molar-refractivity contribution in [2.45, 2.75) is 13.5 Å². The van der Waals surface area contributed by atoms with Gasteiger partial charge >= 0.3 is 6.03 Å². The van der Waals surface area contributed by atoms with Crippen molar-refractivity contribution >= 4 is 23.4 Å². The highest BCUT2D eigenvalue weighted by molar-refractivity contribution is 5.92. The van der Waals surface area contributed by atoms with E-state index in [1.807, 2.05) is 103 Å². The number of nitrogens with zero attached hydrogens (tertiary/aromatic N) is 5. The van der Waals surface area contributed by atoms with E-state index in [0.717, 1.165) is 34.0 Å². The second-order valence-electron chi connectivity index (χ2n) is 10.0. The molecule has 0 saturated carbocycles. The summed E-state index contributed by atoms with van der Waals surface area (Å²) in [7, 11) is 1.64. The molecule has 3 aromatic carbocycles. The smallest absolute Gasteiger partial charge is 0.322 e. The van der Waals surface area contributed by atoms with E-state index in [1.165, 1.54) is 0 Å². The van der Waals surface area contributed by atoms with Crippen LogP contribution in [0, 0.1) is 6.92 Å². The molecule has 1 aliphatic heterocycles. The maximum atomic E-state index is 13.3. The second-order valence-corrected chi connectivity index (χ2v) is 10.0. The van der Waals surface area contributed by atoms with E-state index in [2.05, 4.69) is 20.4 Å². The molecule has 0 unspecified atom stereocenters. The number of amides is 3. The molecule has 3 amide bonds. The molecule has 1 N–H and O–H groups in total. The lowest BCUT2D eigenvalue weighted by Crippen LogP contribution is -2.52. The summed E-state index contributed by atoms with van der Waals surface area (Å²) in [6.45, 7) is 4.66. The van der Waals surface area contributed by atoms with Crippen LogP contribution in [0.25, 0.3) is 11.3 Å². The molecule has 1 aliphatic rings. The number of benzene rings is 3. The third kappa shape index (κ3) is 7.19. The monoisotopic (exact) mass is 550 g/mol. The van der Waals surface area contributed by atoms with E-state index in [0.29, 0.717) is 38.4 Å². The summed E-state index contributed by atoms with van der Waals surface area (Å²) in [5.74, 6) is 1.45. The Morgan fingerprint density at radius 2 is 1.63 bits per heavy atom. The van der Waals surface area contributed by atoms with E-state index in [1.54, 1.807) is 12.0 Å². The summed E-state index contributed by atoms with van der Waals surface area (Å²) in [4.78, 5) is 32.1. The van der Waals surface area contributed by atoms with Gasteiger partial charge in [-0.1, -0.05) is 60.2 Å². The van der Waals surface area contributed by atoms with Crippen molar-refractivity contribution in [1.29, 1.82) is 0 Å². The van der Waals surface area contributed by atoms with Crippen LogP contribution in [0.1, 0.15) is 11.1 Å². The summed E-state index contributed by atoms with van der Waals surface area (Å²) in [5, 5.41) is 11.8. The van der Waals surface area contributed by atoms with Crippen LogP contribution >= 0.6 is 0 Å². The molecule has 4 aromatic rings. The van der Waals surface area contributed by atoms with Gasteiger partial charge in [0.25, 0.3) is 0 Å². The van der Waals surface area contributed by atoms with Gasteiger partial charge in [0.05, 0.1) is 12.8 Å². The van der Waals surface area contributed by atoms with E-state index in [9.17, 15) is 9.59 Å². The van der Waals surface area contributed by atoms with Crippen LogP contribution in [0.3, 0.4) is 0 Å². The Bertz CT molecular complexity index is 1450. The largest absolute Gasteiger partial charge is 0.497 e. The molecule has 9 heteroatoms. The van der Waals surface area contributed by atoms with E-state index < -0.39 is 0 Å². The Hall–Kier alpha value is -4.92. The molecule has 1 fully saturated rings. The maximum absolute atomic E-state index is 13.3. The second kappa shape index (κ2) is 13.0. The third-order valence-electron chi connectivity index (χ3n) is 7.10. The van der Waals surface area contributed by atoms with Crippen LogP contribution in [0.5, 0.6) is 5.75 Å². The molecule has 0 atom stereocenters. The molecule has 5 rings (SSSR count). The fourth-order valence-corrected chi connectivity index (χ4v) is 4.72. The summed E-state index contributed by atoms with van der Waals surface area (Å²) in [5.41, 5.74) is 4.46. The first kappa shape index (κ1) is 27.6. The van der Waals surface area contributed by atoms with Crippen molar-refractivity contribution in [3.63, 3.8) is 0 Å². The molecule has 41 heavy (non-hydrogen) atoms. The minimum atomic E-state index is -0.309. The Kier molecular flexibility index (Phi) is 8.73. The van der Waals surface area contributed by atoms with Gasteiger partial charge in [0.1, 0.15) is 12.3 Å². The number of rotatable bonds is 8. The normalized spacial score (nSPS) is 13.0. The molecule has 2 heterocycles. The summed E-state index contributed by atoms with van der Waals surface area (Å²) in [6, 6.07) is 28.6. The molecule has 0 aliphatic carbocycles. The van der Waals surface area contributed by atoms with Crippen molar-refractivity contribution in [3.8, 4) is 17.0 Å². The molecule has 0 radical (unpaired) electrons. The highest BCUT2D eigenvalue weighted by atomic mass is 16.5. The molecule has 0 bridgehead atoms. The Labute approximate surface area is 240 Å². The highest BCUT2D eigenvalue weighted by Gasteiger charge is 2.26. The van der Waals surface area contributed by atoms with Gasteiger partial charge in [0, 0.05) is 44.0 Å². The van der Waals surface area contributed by atoms with Crippen molar-refractivity contribution in [2.24, 2.45) is 0 Å². The number of aryl methyl sites for hydroxylation is 1. The first-order valence-corrected chi connectivity index (χ1v) is 13.7. The van der Waals surface area contributed by atoms with Gasteiger partial charge in [-0.15, -0.1) is 10.2 Å². The molecule has 9 nitrogen and oxygen atoms in total. The summed E-state index contributed by atoms with van der Waals surface area (Å²) < 4.78 is 5.31. The molecular weight excluding hydrogens is 516 g/mol. The summed E-state index contributed by atoms with van der Waals surface area (Å²) >= 11 is 0. The van der Waals surface area contributed by atoms with E-state index >= 15 is 0 Å². The molecule has 0 spiro atoms. The number of nitrogens with one attached hydrogen (secondary N) is 1. The number of hydrogen-bond donors (Lipinski definition) is 1. The Balaban J connectivity index is 1.20. The lowest BCUT2D eigenvalue weighted by molar-refractivity contribution is -0.132. The zero-order chi connectivity index (χ0) is 28.6. The van der Waals surface area contributed by atoms with Crippen molar-refractivity contribution in [2.75, 3.05) is 50.1 Å². The van der Waals surface area contributed by atoms with Gasteiger partial charge in [-0.2, -0.15) is 0 Å². The first-order valence-electron chi connectivity index (χ1n) is 13.7. The number of carbonyl (C=O) groups excluding carboxylic acids is 2. The van der Waals surface area contributed by atoms with Gasteiger partial charge in [0.2, 0.25) is 5.91 Å². The predicted molar refractivity (Wildman–Crippen MR) is 160 cm³/mol. The van der Waals surface area contributed by atoms with Gasteiger partial charge in [-0.05, 0) is 48.9 Å². The number of ether oxygens (including phenoxy) is 1. The van der Waals surface area contributed by atoms with E-state index in [-0.39, 0.29) is 18.5 Å². The van der Waals surface area contributed by atoms with Gasteiger partial charge in [-0.3, -0.25) is 4.79 Å². The van der Waals surface area contributed by atoms with E-state index in [4.69, 9.17) is 4.74 Å². The van der Waals surface area contributed by atoms with Crippen LogP contribution < -0.4 is 15.0 Å².